The molecule has 0 aliphatic heterocycles. The number of nitrogen functional groups attached to an aromatic ring is 1. The van der Waals surface area contributed by atoms with Crippen LogP contribution < -0.4 is 5.73 Å². The Balaban J connectivity index is 2.08. The highest BCUT2D eigenvalue weighted by Gasteiger charge is 2.12. The largest absolute Gasteiger partial charge is 0.389 e. The molecule has 3 nitrogen and oxygen atoms in total. The number of hydrogen-bond donors (Lipinski definition) is 2. The summed E-state index contributed by atoms with van der Waals surface area (Å²) < 4.78 is 0. The summed E-state index contributed by atoms with van der Waals surface area (Å²) in [5.74, 6) is 0.557. The lowest BCUT2D eigenvalue weighted by Crippen LogP contribution is -1.94. The summed E-state index contributed by atoms with van der Waals surface area (Å²) in [6, 6.07) is 3.84. The fourth-order valence-corrected chi connectivity index (χ4v) is 1.79. The quantitative estimate of drug-likeness (QED) is 0.691. The van der Waals surface area contributed by atoms with E-state index in [0.29, 0.717) is 5.82 Å². The fraction of sp³-hybridized carbons (Fsp3) is 0.364. The Morgan fingerprint density at radius 1 is 1.57 bits per heavy atom. The van der Waals surface area contributed by atoms with Gasteiger partial charge in [0.05, 0.1) is 6.10 Å². The molecule has 1 aliphatic rings. The number of rotatable bonds is 2. The molecule has 3 N–H and O–H groups in total. The summed E-state index contributed by atoms with van der Waals surface area (Å²) in [5, 5.41) is 9.32. The van der Waals surface area contributed by atoms with E-state index in [1.165, 1.54) is 5.57 Å². The highest BCUT2D eigenvalue weighted by atomic mass is 16.3. The average Bonchev–Trinajstić information content (AvgIpc) is 2.51. The third-order valence-corrected chi connectivity index (χ3v) is 2.47. The molecule has 1 heterocycles. The first-order chi connectivity index (χ1) is 6.74. The number of aliphatic hydroxyl groups excluding tert-OH is 1. The van der Waals surface area contributed by atoms with E-state index in [-0.39, 0.29) is 6.10 Å². The second kappa shape index (κ2) is 3.80. The molecule has 0 bridgehead atoms. The molecule has 2 rings (SSSR count). The Hall–Kier alpha value is -1.35. The molecule has 3 heteroatoms. The second-order valence-corrected chi connectivity index (χ2v) is 3.70. The van der Waals surface area contributed by atoms with E-state index in [2.05, 4.69) is 4.98 Å². The van der Waals surface area contributed by atoms with Crippen LogP contribution in [0.2, 0.25) is 0 Å². The van der Waals surface area contributed by atoms with Gasteiger partial charge in [-0.2, -0.15) is 0 Å². The Labute approximate surface area is 83.3 Å². The predicted octanol–water partition coefficient (Wildman–Crippen LogP) is 1.29. The maximum Gasteiger partial charge on any atom is 0.123 e. The van der Waals surface area contributed by atoms with Crippen molar-refractivity contribution in [3.63, 3.8) is 0 Å². The second-order valence-electron chi connectivity index (χ2n) is 3.70. The maximum absolute atomic E-state index is 9.32. The molecule has 1 unspecified atom stereocenters. The Morgan fingerprint density at radius 3 is 3.07 bits per heavy atom. The van der Waals surface area contributed by atoms with Gasteiger partial charge < -0.3 is 10.8 Å². The van der Waals surface area contributed by atoms with Crippen LogP contribution in [0, 0.1) is 0 Å². The zero-order valence-corrected chi connectivity index (χ0v) is 7.98. The van der Waals surface area contributed by atoms with Gasteiger partial charge in [-0.05, 0) is 37.0 Å². The smallest absolute Gasteiger partial charge is 0.123 e. The first-order valence-electron chi connectivity index (χ1n) is 4.82. The standard InChI is InChI=1S/C11H14N2O/c12-11-7-9(3-4-13-11)5-8-1-2-10(14)6-8/h3-4,6-7,10,14H,1-2,5H2,(H2,12,13). The first-order valence-corrected chi connectivity index (χ1v) is 4.82. The zero-order chi connectivity index (χ0) is 9.97. The molecule has 1 aromatic heterocycles. The third kappa shape index (κ3) is 2.12. The normalized spacial score (nSPS) is 20.9. The molecule has 0 saturated carbocycles. The number of nitrogens with two attached hydrogens (primary N) is 1. The van der Waals surface area contributed by atoms with Gasteiger partial charge in [0, 0.05) is 6.20 Å². The summed E-state index contributed by atoms with van der Waals surface area (Å²) in [6.45, 7) is 0. The molecular formula is C11H14N2O. The molecule has 1 aromatic rings. The van der Waals surface area contributed by atoms with E-state index in [1.54, 1.807) is 6.20 Å². The number of anilines is 1. The number of aliphatic hydroxyl groups is 1. The summed E-state index contributed by atoms with van der Waals surface area (Å²) in [4.78, 5) is 3.94. The number of aromatic nitrogens is 1. The molecule has 1 atom stereocenters. The fourth-order valence-electron chi connectivity index (χ4n) is 1.79. The minimum absolute atomic E-state index is 0.246. The molecule has 14 heavy (non-hydrogen) atoms. The SMILES string of the molecule is Nc1cc(CC2=CC(O)CC2)ccn1. The molecule has 0 saturated heterocycles. The van der Waals surface area contributed by atoms with Gasteiger partial charge in [-0.1, -0.05) is 11.6 Å². The van der Waals surface area contributed by atoms with Gasteiger partial charge in [-0.25, -0.2) is 4.98 Å². The maximum atomic E-state index is 9.32. The highest BCUT2D eigenvalue weighted by molar-refractivity contribution is 5.34. The van der Waals surface area contributed by atoms with Crippen molar-refractivity contribution in [2.75, 3.05) is 5.73 Å². The zero-order valence-electron chi connectivity index (χ0n) is 7.98. The number of nitrogens with zero attached hydrogens (tertiary/aromatic N) is 1. The van der Waals surface area contributed by atoms with Crippen LogP contribution in [0.5, 0.6) is 0 Å². The third-order valence-electron chi connectivity index (χ3n) is 2.47. The van der Waals surface area contributed by atoms with Gasteiger partial charge >= 0.3 is 0 Å². The van der Waals surface area contributed by atoms with Crippen LogP contribution in [0.4, 0.5) is 5.82 Å². The van der Waals surface area contributed by atoms with Crippen molar-refractivity contribution in [2.45, 2.75) is 25.4 Å². The van der Waals surface area contributed by atoms with E-state index >= 15 is 0 Å². The van der Waals surface area contributed by atoms with Crippen LogP contribution in [0.3, 0.4) is 0 Å². The molecule has 1 aliphatic carbocycles. The van der Waals surface area contributed by atoms with Crippen molar-refractivity contribution in [3.8, 4) is 0 Å². The van der Waals surface area contributed by atoms with Crippen LogP contribution in [0.1, 0.15) is 18.4 Å². The lowest BCUT2D eigenvalue weighted by Gasteiger charge is -2.02. The van der Waals surface area contributed by atoms with Gasteiger partial charge in [-0.15, -0.1) is 0 Å². The Bertz CT molecular complexity index is 360. The number of hydrogen-bond acceptors (Lipinski definition) is 3. The van der Waals surface area contributed by atoms with Gasteiger partial charge in [0.2, 0.25) is 0 Å². The van der Waals surface area contributed by atoms with Crippen molar-refractivity contribution in [1.82, 2.24) is 4.98 Å². The monoisotopic (exact) mass is 190 g/mol. The number of pyridine rings is 1. The van der Waals surface area contributed by atoms with E-state index in [9.17, 15) is 5.11 Å². The molecular weight excluding hydrogens is 176 g/mol. The molecule has 0 aromatic carbocycles. The highest BCUT2D eigenvalue weighted by Crippen LogP contribution is 2.22. The van der Waals surface area contributed by atoms with Gasteiger partial charge in [-0.3, -0.25) is 0 Å². The van der Waals surface area contributed by atoms with E-state index in [1.807, 2.05) is 18.2 Å². The van der Waals surface area contributed by atoms with Crippen molar-refractivity contribution >= 4 is 5.82 Å². The summed E-state index contributed by atoms with van der Waals surface area (Å²) >= 11 is 0. The summed E-state index contributed by atoms with van der Waals surface area (Å²) in [6.07, 6.45) is 6.14. The Kier molecular flexibility index (Phi) is 2.50. The molecule has 0 amide bonds. The van der Waals surface area contributed by atoms with E-state index < -0.39 is 0 Å². The van der Waals surface area contributed by atoms with Crippen molar-refractivity contribution in [3.05, 3.63) is 35.5 Å². The van der Waals surface area contributed by atoms with Gasteiger partial charge in [0.25, 0.3) is 0 Å². The van der Waals surface area contributed by atoms with E-state index in [4.69, 9.17) is 5.73 Å². The first kappa shape index (κ1) is 9.21. The topological polar surface area (TPSA) is 59.1 Å². The van der Waals surface area contributed by atoms with E-state index in [0.717, 1.165) is 24.8 Å². The van der Waals surface area contributed by atoms with Crippen LogP contribution in [-0.4, -0.2) is 16.2 Å². The lowest BCUT2D eigenvalue weighted by atomic mass is 10.1. The van der Waals surface area contributed by atoms with Crippen molar-refractivity contribution in [1.29, 1.82) is 0 Å². The molecule has 0 spiro atoms. The van der Waals surface area contributed by atoms with Gasteiger partial charge in [0.15, 0.2) is 0 Å². The molecule has 74 valence electrons. The van der Waals surface area contributed by atoms with Crippen molar-refractivity contribution < 1.29 is 5.11 Å². The Morgan fingerprint density at radius 2 is 2.43 bits per heavy atom. The lowest BCUT2D eigenvalue weighted by molar-refractivity contribution is 0.223. The van der Waals surface area contributed by atoms with Crippen molar-refractivity contribution in [2.24, 2.45) is 0 Å². The van der Waals surface area contributed by atoms with Crippen LogP contribution in [0.25, 0.3) is 0 Å². The van der Waals surface area contributed by atoms with Crippen LogP contribution >= 0.6 is 0 Å². The average molecular weight is 190 g/mol. The summed E-state index contributed by atoms with van der Waals surface area (Å²) in [7, 11) is 0. The minimum Gasteiger partial charge on any atom is -0.389 e. The van der Waals surface area contributed by atoms with Crippen LogP contribution in [0.15, 0.2) is 30.0 Å². The molecule has 0 radical (unpaired) electrons. The molecule has 0 fully saturated rings. The van der Waals surface area contributed by atoms with Crippen LogP contribution in [-0.2, 0) is 6.42 Å². The number of allylic oxidation sites excluding steroid dienone is 1. The predicted molar refractivity (Wildman–Crippen MR) is 55.7 cm³/mol. The minimum atomic E-state index is -0.246. The van der Waals surface area contributed by atoms with Gasteiger partial charge in [0.1, 0.15) is 5.82 Å². The summed E-state index contributed by atoms with van der Waals surface area (Å²) in [5.41, 5.74) is 8.04.